The number of halogens is 1. The molecule has 1 heterocycles. The van der Waals surface area contributed by atoms with Gasteiger partial charge in [-0.05, 0) is 36.8 Å². The Labute approximate surface area is 116 Å². The summed E-state index contributed by atoms with van der Waals surface area (Å²) in [7, 11) is 0. The first-order valence-electron chi connectivity index (χ1n) is 6.32. The van der Waals surface area contributed by atoms with Gasteiger partial charge in [-0.25, -0.2) is 9.07 Å². The van der Waals surface area contributed by atoms with Gasteiger partial charge in [-0.2, -0.15) is 5.10 Å². The number of hydrogen-bond donors (Lipinski definition) is 1. The first-order valence-corrected chi connectivity index (χ1v) is 6.32. The zero-order chi connectivity index (χ0) is 14.1. The third kappa shape index (κ3) is 2.16. The van der Waals surface area contributed by atoms with Crippen molar-refractivity contribution in [3.05, 3.63) is 66.1 Å². The second kappa shape index (κ2) is 4.81. The van der Waals surface area contributed by atoms with Crippen molar-refractivity contribution < 1.29 is 4.39 Å². The van der Waals surface area contributed by atoms with Crippen molar-refractivity contribution in [2.75, 3.05) is 5.73 Å². The summed E-state index contributed by atoms with van der Waals surface area (Å²) in [4.78, 5) is 0. The Morgan fingerprint density at radius 1 is 1.05 bits per heavy atom. The Morgan fingerprint density at radius 3 is 2.45 bits per heavy atom. The Morgan fingerprint density at radius 2 is 1.75 bits per heavy atom. The van der Waals surface area contributed by atoms with E-state index in [1.54, 1.807) is 23.0 Å². The predicted octanol–water partition coefficient (Wildman–Crippen LogP) is 3.57. The molecular weight excluding hydrogens is 253 g/mol. The van der Waals surface area contributed by atoms with E-state index in [1.807, 2.05) is 31.2 Å². The van der Waals surface area contributed by atoms with Crippen molar-refractivity contribution in [2.24, 2.45) is 0 Å². The van der Waals surface area contributed by atoms with Crippen LogP contribution in [0.25, 0.3) is 16.9 Å². The summed E-state index contributed by atoms with van der Waals surface area (Å²) in [6.07, 6.45) is 1.75. The van der Waals surface area contributed by atoms with Crippen LogP contribution in [0.2, 0.25) is 0 Å². The molecular formula is C16H14FN3. The minimum atomic E-state index is -0.270. The maximum atomic E-state index is 13.0. The van der Waals surface area contributed by atoms with Crippen molar-refractivity contribution in [1.82, 2.24) is 9.78 Å². The minimum Gasteiger partial charge on any atom is -0.396 e. The molecule has 0 aliphatic carbocycles. The van der Waals surface area contributed by atoms with Crippen molar-refractivity contribution in [2.45, 2.75) is 6.92 Å². The molecule has 3 rings (SSSR count). The van der Waals surface area contributed by atoms with Gasteiger partial charge in [0.15, 0.2) is 0 Å². The number of aryl methyl sites for hydroxylation is 1. The average molecular weight is 267 g/mol. The fourth-order valence-corrected chi connectivity index (χ4v) is 2.16. The lowest BCUT2D eigenvalue weighted by atomic mass is 10.1. The van der Waals surface area contributed by atoms with Crippen LogP contribution in [0.1, 0.15) is 5.56 Å². The van der Waals surface area contributed by atoms with Crippen molar-refractivity contribution in [1.29, 1.82) is 0 Å². The van der Waals surface area contributed by atoms with E-state index in [1.165, 1.54) is 12.1 Å². The lowest BCUT2D eigenvalue weighted by Crippen LogP contribution is -1.95. The number of rotatable bonds is 2. The van der Waals surface area contributed by atoms with Crippen molar-refractivity contribution in [3.8, 4) is 16.9 Å². The molecule has 0 fully saturated rings. The number of anilines is 1. The van der Waals surface area contributed by atoms with Gasteiger partial charge in [0, 0.05) is 5.56 Å². The highest BCUT2D eigenvalue weighted by Crippen LogP contribution is 2.27. The molecule has 0 radical (unpaired) electrons. The zero-order valence-electron chi connectivity index (χ0n) is 11.0. The first-order chi connectivity index (χ1) is 9.65. The van der Waals surface area contributed by atoms with Crippen LogP contribution >= 0.6 is 0 Å². The molecule has 0 saturated carbocycles. The maximum absolute atomic E-state index is 13.0. The topological polar surface area (TPSA) is 43.8 Å². The van der Waals surface area contributed by atoms with Crippen molar-refractivity contribution in [3.63, 3.8) is 0 Å². The van der Waals surface area contributed by atoms with Crippen LogP contribution in [0.4, 0.5) is 10.1 Å². The van der Waals surface area contributed by atoms with Crippen LogP contribution in [0, 0.1) is 12.7 Å². The summed E-state index contributed by atoms with van der Waals surface area (Å²) < 4.78 is 14.6. The second-order valence-corrected chi connectivity index (χ2v) is 4.67. The average Bonchev–Trinajstić information content (AvgIpc) is 2.82. The monoisotopic (exact) mass is 267 g/mol. The minimum absolute atomic E-state index is 0.270. The van der Waals surface area contributed by atoms with Gasteiger partial charge in [-0.1, -0.05) is 24.3 Å². The Hall–Kier alpha value is -2.62. The smallest absolute Gasteiger partial charge is 0.123 e. The van der Waals surface area contributed by atoms with E-state index < -0.39 is 0 Å². The Balaban J connectivity index is 2.08. The summed E-state index contributed by atoms with van der Waals surface area (Å²) >= 11 is 0. The zero-order valence-corrected chi connectivity index (χ0v) is 11.0. The van der Waals surface area contributed by atoms with Crippen LogP contribution < -0.4 is 5.73 Å². The van der Waals surface area contributed by atoms with Gasteiger partial charge in [-0.15, -0.1) is 0 Å². The third-order valence-corrected chi connectivity index (χ3v) is 3.23. The number of aromatic nitrogens is 2. The molecule has 0 amide bonds. The van der Waals surface area contributed by atoms with E-state index >= 15 is 0 Å². The molecule has 0 unspecified atom stereocenters. The summed E-state index contributed by atoms with van der Waals surface area (Å²) in [5.74, 6) is -0.270. The summed E-state index contributed by atoms with van der Waals surface area (Å²) in [6.45, 7) is 2.02. The molecule has 0 spiro atoms. The van der Waals surface area contributed by atoms with Crippen molar-refractivity contribution >= 4 is 5.69 Å². The van der Waals surface area contributed by atoms with Crippen LogP contribution in [0.3, 0.4) is 0 Å². The highest BCUT2D eigenvalue weighted by molar-refractivity contribution is 5.74. The van der Waals surface area contributed by atoms with Gasteiger partial charge in [0.25, 0.3) is 0 Å². The molecule has 0 atom stereocenters. The molecule has 0 aliphatic heterocycles. The van der Waals surface area contributed by atoms with Gasteiger partial charge >= 0.3 is 0 Å². The molecule has 2 aromatic carbocycles. The molecule has 100 valence electrons. The van der Waals surface area contributed by atoms with E-state index in [0.29, 0.717) is 5.69 Å². The summed E-state index contributed by atoms with van der Waals surface area (Å²) in [5, 5.41) is 4.51. The molecule has 1 aromatic heterocycles. The number of nitrogen functional groups attached to an aromatic ring is 1. The molecule has 3 aromatic rings. The van der Waals surface area contributed by atoms with E-state index in [9.17, 15) is 4.39 Å². The maximum Gasteiger partial charge on any atom is 0.123 e. The van der Waals surface area contributed by atoms with E-state index in [4.69, 9.17) is 5.73 Å². The van der Waals surface area contributed by atoms with Gasteiger partial charge < -0.3 is 5.73 Å². The molecule has 3 nitrogen and oxygen atoms in total. The second-order valence-electron chi connectivity index (χ2n) is 4.67. The van der Waals surface area contributed by atoms with Gasteiger partial charge in [-0.3, -0.25) is 0 Å². The largest absolute Gasteiger partial charge is 0.396 e. The molecule has 0 bridgehead atoms. The van der Waals surface area contributed by atoms with E-state index in [2.05, 4.69) is 5.10 Å². The predicted molar refractivity (Wildman–Crippen MR) is 78.1 cm³/mol. The van der Waals surface area contributed by atoms with Crippen LogP contribution in [-0.2, 0) is 0 Å². The number of benzene rings is 2. The number of nitrogens with two attached hydrogens (primary N) is 1. The molecule has 0 saturated heterocycles. The fourth-order valence-electron chi connectivity index (χ4n) is 2.16. The summed E-state index contributed by atoms with van der Waals surface area (Å²) in [6, 6.07) is 14.1. The normalized spacial score (nSPS) is 10.7. The molecule has 4 heteroatoms. The van der Waals surface area contributed by atoms with Gasteiger partial charge in [0.2, 0.25) is 0 Å². The van der Waals surface area contributed by atoms with Crippen LogP contribution in [-0.4, -0.2) is 9.78 Å². The summed E-state index contributed by atoms with van der Waals surface area (Å²) in [5.41, 5.74) is 10.3. The van der Waals surface area contributed by atoms with Crippen LogP contribution in [0.5, 0.6) is 0 Å². The standard InChI is InChI=1S/C16H14FN3/c1-11-4-2-3-5-14(11)16-15(18)10-20(19-16)13-8-6-12(17)7-9-13/h2-10H,18H2,1H3. The van der Waals surface area contributed by atoms with E-state index in [-0.39, 0.29) is 5.82 Å². The third-order valence-electron chi connectivity index (χ3n) is 3.23. The first kappa shape index (κ1) is 12.4. The fraction of sp³-hybridized carbons (Fsp3) is 0.0625. The Kier molecular flexibility index (Phi) is 2.99. The van der Waals surface area contributed by atoms with Gasteiger partial charge in [0.1, 0.15) is 11.5 Å². The van der Waals surface area contributed by atoms with E-state index in [0.717, 1.165) is 22.5 Å². The number of hydrogen-bond acceptors (Lipinski definition) is 2. The Bertz CT molecular complexity index is 745. The molecule has 2 N–H and O–H groups in total. The highest BCUT2D eigenvalue weighted by Gasteiger charge is 2.11. The highest BCUT2D eigenvalue weighted by atomic mass is 19.1. The molecule has 20 heavy (non-hydrogen) atoms. The van der Waals surface area contributed by atoms with Gasteiger partial charge in [0.05, 0.1) is 17.6 Å². The lowest BCUT2D eigenvalue weighted by Gasteiger charge is -2.03. The SMILES string of the molecule is Cc1ccccc1-c1nn(-c2ccc(F)cc2)cc1N. The number of nitrogens with zero attached hydrogens (tertiary/aromatic N) is 2. The molecule has 0 aliphatic rings. The van der Waals surface area contributed by atoms with Crippen LogP contribution in [0.15, 0.2) is 54.7 Å². The quantitative estimate of drug-likeness (QED) is 0.771. The lowest BCUT2D eigenvalue weighted by molar-refractivity contribution is 0.627.